The third-order valence-corrected chi connectivity index (χ3v) is 6.06. The van der Waals surface area contributed by atoms with Crippen LogP contribution in [-0.4, -0.2) is 51.3 Å². The monoisotopic (exact) mass is 474 g/mol. The molecule has 1 amide bonds. The number of aromatic nitrogens is 3. The summed E-state index contributed by atoms with van der Waals surface area (Å²) in [5.74, 6) is 0.285. The van der Waals surface area contributed by atoms with Crippen LogP contribution in [0.2, 0.25) is 0 Å². The zero-order chi connectivity index (χ0) is 24.0. The Bertz CT molecular complexity index is 1270. The summed E-state index contributed by atoms with van der Waals surface area (Å²) in [5.41, 5.74) is 2.53. The first kappa shape index (κ1) is 23.0. The fourth-order valence-corrected chi connectivity index (χ4v) is 4.28. The predicted octanol–water partition coefficient (Wildman–Crippen LogP) is 4.31. The lowest BCUT2D eigenvalue weighted by atomic mass is 10.1. The molecule has 0 bridgehead atoms. The summed E-state index contributed by atoms with van der Waals surface area (Å²) in [6, 6.07) is 17.8. The molecule has 0 saturated carbocycles. The molecule has 4 aromatic rings. The van der Waals surface area contributed by atoms with Crippen LogP contribution < -0.4 is 4.74 Å². The molecule has 2 aromatic heterocycles. The zero-order valence-corrected chi connectivity index (χ0v) is 19.3. The van der Waals surface area contributed by atoms with Crippen LogP contribution in [0.5, 0.6) is 5.75 Å². The van der Waals surface area contributed by atoms with Crippen molar-refractivity contribution in [3.8, 4) is 5.75 Å². The molecule has 2 aromatic carbocycles. The van der Waals surface area contributed by atoms with E-state index < -0.39 is 0 Å². The molecule has 0 N–H and O–H groups in total. The smallest absolute Gasteiger partial charge is 0.274 e. The molecule has 1 fully saturated rings. The van der Waals surface area contributed by atoms with Gasteiger partial charge >= 0.3 is 0 Å². The third kappa shape index (κ3) is 5.66. The first-order chi connectivity index (χ1) is 17.2. The number of nitrogens with zero attached hydrogens (tertiary/aromatic N) is 4. The van der Waals surface area contributed by atoms with E-state index in [4.69, 9.17) is 9.47 Å². The molecular weight excluding hydrogens is 447 g/mol. The molecule has 7 nitrogen and oxygen atoms in total. The number of hydrogen-bond donors (Lipinski definition) is 0. The Hall–Kier alpha value is -3.78. The van der Waals surface area contributed by atoms with Crippen molar-refractivity contribution in [1.29, 1.82) is 0 Å². The van der Waals surface area contributed by atoms with Crippen LogP contribution in [0.1, 0.15) is 34.5 Å². The summed E-state index contributed by atoms with van der Waals surface area (Å²) < 4.78 is 27.2. The quantitative estimate of drug-likeness (QED) is 0.362. The maximum atomic E-state index is 13.9. The minimum Gasteiger partial charge on any atom is -0.493 e. The second-order valence-corrected chi connectivity index (χ2v) is 8.61. The molecule has 8 heteroatoms. The lowest BCUT2D eigenvalue weighted by Crippen LogP contribution is -2.37. The van der Waals surface area contributed by atoms with Crippen molar-refractivity contribution in [3.63, 3.8) is 0 Å². The number of halogens is 1. The van der Waals surface area contributed by atoms with Gasteiger partial charge in [0.25, 0.3) is 5.91 Å². The highest BCUT2D eigenvalue weighted by atomic mass is 19.1. The van der Waals surface area contributed by atoms with Crippen LogP contribution in [0.4, 0.5) is 4.39 Å². The molecule has 5 rings (SSSR count). The molecule has 35 heavy (non-hydrogen) atoms. The first-order valence-corrected chi connectivity index (χ1v) is 11.8. The maximum Gasteiger partial charge on any atom is 0.274 e. The van der Waals surface area contributed by atoms with Crippen LogP contribution in [0.15, 0.2) is 73.1 Å². The minimum absolute atomic E-state index is 0.00862. The molecular formula is C27H27FN4O3. The molecule has 0 radical (unpaired) electrons. The van der Waals surface area contributed by atoms with Gasteiger partial charge in [-0.2, -0.15) is 5.10 Å². The van der Waals surface area contributed by atoms with E-state index in [9.17, 15) is 9.18 Å². The summed E-state index contributed by atoms with van der Waals surface area (Å²) in [4.78, 5) is 19.5. The molecule has 1 unspecified atom stereocenters. The van der Waals surface area contributed by atoms with E-state index in [0.717, 1.165) is 25.0 Å². The van der Waals surface area contributed by atoms with Crippen molar-refractivity contribution >= 4 is 11.6 Å². The number of fused-ring (bicyclic) bond motifs is 1. The molecule has 1 atom stereocenters. The van der Waals surface area contributed by atoms with Gasteiger partial charge in [-0.3, -0.25) is 4.79 Å². The van der Waals surface area contributed by atoms with Gasteiger partial charge in [0.05, 0.1) is 12.7 Å². The van der Waals surface area contributed by atoms with Gasteiger partial charge in [0.1, 0.15) is 11.6 Å². The SMILES string of the molecule is O=C(c1cc2ncccn2n1)N(Cc1cccc(OCCc2ccccc2F)c1)CC1CCCO1. The van der Waals surface area contributed by atoms with Gasteiger partial charge in [-0.05, 0) is 48.2 Å². The lowest BCUT2D eigenvalue weighted by molar-refractivity contribution is 0.0502. The van der Waals surface area contributed by atoms with Gasteiger partial charge in [0.15, 0.2) is 11.3 Å². The van der Waals surface area contributed by atoms with Crippen molar-refractivity contribution in [2.75, 3.05) is 19.8 Å². The molecule has 0 spiro atoms. The Morgan fingerprint density at radius 1 is 1.17 bits per heavy atom. The molecule has 1 saturated heterocycles. The normalized spacial score (nSPS) is 15.4. The van der Waals surface area contributed by atoms with E-state index in [1.807, 2.05) is 30.3 Å². The lowest BCUT2D eigenvalue weighted by Gasteiger charge is -2.25. The topological polar surface area (TPSA) is 69.0 Å². The van der Waals surface area contributed by atoms with Crippen LogP contribution in [0, 0.1) is 5.82 Å². The molecule has 1 aliphatic rings. The van der Waals surface area contributed by atoms with Crippen LogP contribution in [0.25, 0.3) is 5.65 Å². The van der Waals surface area contributed by atoms with Crippen molar-refractivity contribution in [2.24, 2.45) is 0 Å². The summed E-state index contributed by atoms with van der Waals surface area (Å²) in [7, 11) is 0. The maximum absolute atomic E-state index is 13.9. The third-order valence-electron chi connectivity index (χ3n) is 6.06. The van der Waals surface area contributed by atoms with Gasteiger partial charge in [-0.15, -0.1) is 0 Å². The van der Waals surface area contributed by atoms with E-state index in [1.165, 1.54) is 6.07 Å². The standard InChI is InChI=1S/C27H27FN4O3/c28-24-10-2-1-7-21(24)11-15-35-22-8-3-6-20(16-22)18-31(19-23-9-4-14-34-23)27(33)25-17-26-29-12-5-13-32(26)30-25/h1-3,5-8,10,12-13,16-17,23H,4,9,11,14-15,18-19H2. The highest BCUT2D eigenvalue weighted by Gasteiger charge is 2.25. The Morgan fingerprint density at radius 2 is 2.09 bits per heavy atom. The van der Waals surface area contributed by atoms with Gasteiger partial charge in [-0.25, -0.2) is 13.9 Å². The van der Waals surface area contributed by atoms with Gasteiger partial charge in [0, 0.05) is 44.6 Å². The fraction of sp³-hybridized carbons (Fsp3) is 0.296. The zero-order valence-electron chi connectivity index (χ0n) is 19.3. The van der Waals surface area contributed by atoms with Crippen molar-refractivity contribution in [1.82, 2.24) is 19.5 Å². The van der Waals surface area contributed by atoms with Gasteiger partial charge in [0.2, 0.25) is 0 Å². The van der Waals surface area contributed by atoms with Crippen LogP contribution >= 0.6 is 0 Å². The van der Waals surface area contributed by atoms with E-state index >= 15 is 0 Å². The number of rotatable bonds is 9. The average molecular weight is 475 g/mol. The van der Waals surface area contributed by atoms with Crippen LogP contribution in [-0.2, 0) is 17.7 Å². The Kier molecular flexibility index (Phi) is 6.99. The van der Waals surface area contributed by atoms with E-state index in [2.05, 4.69) is 10.1 Å². The van der Waals surface area contributed by atoms with Crippen molar-refractivity contribution in [2.45, 2.75) is 31.9 Å². The minimum atomic E-state index is -0.227. The second kappa shape index (κ2) is 10.7. The Morgan fingerprint density at radius 3 is 2.91 bits per heavy atom. The second-order valence-electron chi connectivity index (χ2n) is 8.61. The van der Waals surface area contributed by atoms with Gasteiger partial charge < -0.3 is 14.4 Å². The van der Waals surface area contributed by atoms with Gasteiger partial charge in [-0.1, -0.05) is 30.3 Å². The summed E-state index contributed by atoms with van der Waals surface area (Å²) in [6.07, 6.45) is 5.85. The molecule has 0 aliphatic carbocycles. The average Bonchev–Trinajstić information content (AvgIpc) is 3.54. The number of benzene rings is 2. The Labute approximate surface area is 203 Å². The first-order valence-electron chi connectivity index (χ1n) is 11.8. The molecule has 1 aliphatic heterocycles. The van der Waals surface area contributed by atoms with Crippen LogP contribution in [0.3, 0.4) is 0 Å². The predicted molar refractivity (Wildman–Crippen MR) is 129 cm³/mol. The Balaban J connectivity index is 1.29. The van der Waals surface area contributed by atoms with E-state index in [1.54, 1.807) is 46.1 Å². The fourth-order valence-electron chi connectivity index (χ4n) is 4.28. The largest absolute Gasteiger partial charge is 0.493 e. The number of hydrogen-bond acceptors (Lipinski definition) is 5. The summed E-state index contributed by atoms with van der Waals surface area (Å²) in [6.45, 7) is 1.95. The van der Waals surface area contributed by atoms with Crippen molar-refractivity contribution in [3.05, 3.63) is 95.7 Å². The van der Waals surface area contributed by atoms with E-state index in [0.29, 0.717) is 48.8 Å². The number of carbonyl (C=O) groups excluding carboxylic acids is 1. The highest BCUT2D eigenvalue weighted by molar-refractivity contribution is 5.93. The molecule has 3 heterocycles. The number of amides is 1. The highest BCUT2D eigenvalue weighted by Crippen LogP contribution is 2.20. The summed E-state index contributed by atoms with van der Waals surface area (Å²) >= 11 is 0. The summed E-state index contributed by atoms with van der Waals surface area (Å²) in [5, 5.41) is 4.41. The van der Waals surface area contributed by atoms with Crippen molar-refractivity contribution < 1.29 is 18.7 Å². The number of carbonyl (C=O) groups is 1. The molecule has 180 valence electrons. The number of ether oxygens (including phenoxy) is 2. The van der Waals surface area contributed by atoms with E-state index in [-0.39, 0.29) is 17.8 Å².